The minimum Gasteiger partial charge on any atom is -0.389 e. The highest BCUT2D eigenvalue weighted by Gasteiger charge is 2.62. The highest BCUT2D eigenvalue weighted by atomic mass is 16.5. The Labute approximate surface area is 83.9 Å². The Morgan fingerprint density at radius 1 is 1.21 bits per heavy atom. The second-order valence-electron chi connectivity index (χ2n) is 5.62. The largest absolute Gasteiger partial charge is 0.389 e. The molecule has 76 valence electrons. The quantitative estimate of drug-likeness (QED) is 0.589. The van der Waals surface area contributed by atoms with E-state index in [-0.39, 0.29) is 6.10 Å². The average molecular weight is 192 g/mol. The van der Waals surface area contributed by atoms with Gasteiger partial charge in [0.05, 0.1) is 18.3 Å². The van der Waals surface area contributed by atoms with Crippen molar-refractivity contribution in [3.8, 4) is 0 Å². The number of hydrogen-bond acceptors (Lipinski definition) is 2. The molecule has 6 atom stereocenters. The molecular formula is C12H16O2. The Kier molecular flexibility index (Phi) is 1.27. The summed E-state index contributed by atoms with van der Waals surface area (Å²) in [5.74, 6) is 1.44. The van der Waals surface area contributed by atoms with Crippen molar-refractivity contribution >= 4 is 0 Å². The van der Waals surface area contributed by atoms with Gasteiger partial charge in [0.1, 0.15) is 0 Å². The van der Waals surface area contributed by atoms with Gasteiger partial charge in [-0.25, -0.2) is 0 Å². The van der Waals surface area contributed by atoms with Crippen molar-refractivity contribution in [1.82, 2.24) is 0 Å². The van der Waals surface area contributed by atoms with Crippen molar-refractivity contribution in [3.63, 3.8) is 0 Å². The molecule has 2 heteroatoms. The first kappa shape index (κ1) is 7.89. The summed E-state index contributed by atoms with van der Waals surface area (Å²) >= 11 is 0. The van der Waals surface area contributed by atoms with Crippen LogP contribution in [-0.4, -0.2) is 23.4 Å². The van der Waals surface area contributed by atoms with Gasteiger partial charge in [0.2, 0.25) is 0 Å². The second-order valence-corrected chi connectivity index (χ2v) is 5.62. The monoisotopic (exact) mass is 192 g/mol. The van der Waals surface area contributed by atoms with Crippen molar-refractivity contribution in [2.45, 2.75) is 44.0 Å². The first-order valence-electron chi connectivity index (χ1n) is 5.80. The molecule has 2 nitrogen and oxygen atoms in total. The number of ether oxygens (including phenoxy) is 1. The standard InChI is InChI=1S/C12H16O2/c13-8-1-2-12-5-7-3-10(9(12)4-8)14-11(7)6-12/h1-2,7-11,13H,3-6H2/t7-,8-,9-,10+,11+,12+/m1/s1. The zero-order chi connectivity index (χ0) is 9.34. The predicted molar refractivity (Wildman–Crippen MR) is 51.7 cm³/mol. The molecule has 2 heterocycles. The summed E-state index contributed by atoms with van der Waals surface area (Å²) in [7, 11) is 0. The molecule has 0 amide bonds. The zero-order valence-electron chi connectivity index (χ0n) is 8.23. The van der Waals surface area contributed by atoms with Gasteiger partial charge in [-0.05, 0) is 42.9 Å². The number of aliphatic hydroxyl groups excluding tert-OH is 1. The molecule has 2 saturated carbocycles. The summed E-state index contributed by atoms with van der Waals surface area (Å²) in [6.07, 6.45) is 9.87. The van der Waals surface area contributed by atoms with Crippen LogP contribution in [-0.2, 0) is 4.74 Å². The van der Waals surface area contributed by atoms with Crippen LogP contribution in [0.3, 0.4) is 0 Å². The molecule has 0 radical (unpaired) electrons. The van der Waals surface area contributed by atoms with E-state index in [1.807, 2.05) is 6.08 Å². The maximum absolute atomic E-state index is 9.66. The molecular weight excluding hydrogens is 176 g/mol. The van der Waals surface area contributed by atoms with Gasteiger partial charge >= 0.3 is 0 Å². The van der Waals surface area contributed by atoms with Crippen LogP contribution in [0.1, 0.15) is 25.7 Å². The summed E-state index contributed by atoms with van der Waals surface area (Å²) in [5, 5.41) is 9.66. The maximum Gasteiger partial charge on any atom is 0.0725 e. The summed E-state index contributed by atoms with van der Waals surface area (Å²) in [6.45, 7) is 0. The number of rotatable bonds is 0. The Balaban J connectivity index is 1.81. The van der Waals surface area contributed by atoms with Crippen LogP contribution in [0.15, 0.2) is 12.2 Å². The molecule has 2 saturated heterocycles. The minimum atomic E-state index is -0.217. The van der Waals surface area contributed by atoms with Crippen molar-refractivity contribution < 1.29 is 9.84 Å². The molecule has 0 aromatic heterocycles. The van der Waals surface area contributed by atoms with Gasteiger partial charge < -0.3 is 9.84 Å². The van der Waals surface area contributed by atoms with Crippen LogP contribution in [0.4, 0.5) is 0 Å². The second kappa shape index (κ2) is 2.25. The van der Waals surface area contributed by atoms with E-state index in [0.717, 1.165) is 12.3 Å². The lowest BCUT2D eigenvalue weighted by molar-refractivity contribution is -0.0868. The molecule has 4 fully saturated rings. The lowest BCUT2D eigenvalue weighted by Crippen LogP contribution is -2.45. The van der Waals surface area contributed by atoms with Crippen molar-refractivity contribution in [3.05, 3.63) is 12.2 Å². The lowest BCUT2D eigenvalue weighted by Gasteiger charge is -2.47. The number of hydrogen-bond donors (Lipinski definition) is 1. The topological polar surface area (TPSA) is 29.5 Å². The van der Waals surface area contributed by atoms with Gasteiger partial charge in [-0.15, -0.1) is 0 Å². The Morgan fingerprint density at radius 2 is 2.14 bits per heavy atom. The van der Waals surface area contributed by atoms with Crippen LogP contribution >= 0.6 is 0 Å². The van der Waals surface area contributed by atoms with Gasteiger partial charge in [0, 0.05) is 0 Å². The first-order chi connectivity index (χ1) is 6.77. The highest BCUT2D eigenvalue weighted by molar-refractivity contribution is 5.21. The number of allylic oxidation sites excluding steroid dienone is 1. The molecule has 5 rings (SSSR count). The van der Waals surface area contributed by atoms with E-state index in [1.165, 1.54) is 19.3 Å². The molecule has 4 bridgehead atoms. The van der Waals surface area contributed by atoms with E-state index in [0.29, 0.717) is 23.5 Å². The van der Waals surface area contributed by atoms with Crippen LogP contribution in [0, 0.1) is 17.3 Å². The van der Waals surface area contributed by atoms with E-state index < -0.39 is 0 Å². The average Bonchev–Trinajstić information content (AvgIpc) is 2.60. The van der Waals surface area contributed by atoms with E-state index in [2.05, 4.69) is 6.08 Å². The molecule has 1 spiro atoms. The Hall–Kier alpha value is -0.340. The summed E-state index contributed by atoms with van der Waals surface area (Å²) in [6, 6.07) is 0. The third-order valence-corrected chi connectivity index (χ3v) is 4.97. The van der Waals surface area contributed by atoms with Crippen LogP contribution in [0.2, 0.25) is 0 Å². The Bertz CT molecular complexity index is 295. The molecule has 0 aromatic rings. The van der Waals surface area contributed by atoms with Gasteiger partial charge in [-0.1, -0.05) is 12.2 Å². The van der Waals surface area contributed by atoms with Crippen LogP contribution < -0.4 is 0 Å². The van der Waals surface area contributed by atoms with Gasteiger partial charge in [0.15, 0.2) is 0 Å². The smallest absolute Gasteiger partial charge is 0.0725 e. The van der Waals surface area contributed by atoms with E-state index in [4.69, 9.17) is 4.74 Å². The van der Waals surface area contributed by atoms with E-state index in [9.17, 15) is 5.11 Å². The third kappa shape index (κ3) is 0.763. The number of aliphatic hydroxyl groups is 1. The highest BCUT2D eigenvalue weighted by Crippen LogP contribution is 2.64. The molecule has 2 aliphatic heterocycles. The lowest BCUT2D eigenvalue weighted by atomic mass is 9.62. The molecule has 5 aliphatic rings. The molecule has 14 heavy (non-hydrogen) atoms. The van der Waals surface area contributed by atoms with Crippen molar-refractivity contribution in [2.75, 3.05) is 0 Å². The predicted octanol–water partition coefficient (Wildman–Crippen LogP) is 1.49. The first-order valence-corrected chi connectivity index (χ1v) is 5.80. The minimum absolute atomic E-state index is 0.217. The van der Waals surface area contributed by atoms with E-state index in [1.54, 1.807) is 0 Å². The fourth-order valence-corrected chi connectivity index (χ4v) is 4.44. The summed E-state index contributed by atoms with van der Waals surface area (Å²) in [5.41, 5.74) is 0.426. The zero-order valence-corrected chi connectivity index (χ0v) is 8.23. The summed E-state index contributed by atoms with van der Waals surface area (Å²) < 4.78 is 6.02. The Morgan fingerprint density at radius 3 is 3.00 bits per heavy atom. The fraction of sp³-hybridized carbons (Fsp3) is 0.833. The van der Waals surface area contributed by atoms with Crippen molar-refractivity contribution in [2.24, 2.45) is 17.3 Å². The molecule has 0 aromatic carbocycles. The van der Waals surface area contributed by atoms with Gasteiger partial charge in [0.25, 0.3) is 0 Å². The molecule has 1 N–H and O–H groups in total. The van der Waals surface area contributed by atoms with E-state index >= 15 is 0 Å². The van der Waals surface area contributed by atoms with Gasteiger partial charge in [-0.2, -0.15) is 0 Å². The molecule has 3 aliphatic carbocycles. The van der Waals surface area contributed by atoms with Gasteiger partial charge in [-0.3, -0.25) is 0 Å². The van der Waals surface area contributed by atoms with Crippen molar-refractivity contribution in [1.29, 1.82) is 0 Å². The fourth-order valence-electron chi connectivity index (χ4n) is 4.44. The van der Waals surface area contributed by atoms with Crippen LogP contribution in [0.25, 0.3) is 0 Å². The summed E-state index contributed by atoms with van der Waals surface area (Å²) in [4.78, 5) is 0. The molecule has 0 unspecified atom stereocenters. The van der Waals surface area contributed by atoms with Crippen LogP contribution in [0.5, 0.6) is 0 Å². The SMILES string of the molecule is O[C@@H]1C=C[C@]23C[C@H]4C[C@H](O[C@H]4C2)[C@H]3C1. The maximum atomic E-state index is 9.66. The normalized spacial score (nSPS) is 63.4. The third-order valence-electron chi connectivity index (χ3n) is 4.97.